The van der Waals surface area contributed by atoms with Crippen LogP contribution < -0.4 is 20.2 Å². The molecule has 342 valence electrons. The first-order valence-corrected chi connectivity index (χ1v) is 28.0. The highest BCUT2D eigenvalue weighted by Crippen LogP contribution is 2.62. The SMILES string of the molecule is CC(C)(C)c1ccc(N(c2ccccc2)c2ccc3c(c2)C2(c4ccccc4[Si](C)(C)c4ccccc42)c2c-3c3ccccc3c3cc(N(c4ccccc4)c4ccc(C(C)(C)C)cc4)ccc23)cc1. The fraction of sp³-hybridized carbons (Fsp3) is 0.164. The van der Waals surface area contributed by atoms with E-state index >= 15 is 0 Å². The lowest BCUT2D eigenvalue weighted by molar-refractivity contribution is 0.590. The molecule has 1 spiro atoms. The third-order valence-electron chi connectivity index (χ3n) is 15.6. The molecule has 0 amide bonds. The van der Waals surface area contributed by atoms with Crippen molar-refractivity contribution in [1.29, 1.82) is 0 Å². The predicted octanol–water partition coefficient (Wildman–Crippen LogP) is 17.0. The summed E-state index contributed by atoms with van der Waals surface area (Å²) < 4.78 is 0. The minimum Gasteiger partial charge on any atom is -0.310 e. The summed E-state index contributed by atoms with van der Waals surface area (Å²) in [6.07, 6.45) is 0. The minimum absolute atomic E-state index is 0.0462. The third kappa shape index (κ3) is 6.66. The molecule has 0 bridgehead atoms. The van der Waals surface area contributed by atoms with Crippen LogP contribution in [0.25, 0.3) is 32.7 Å². The Kier molecular flexibility index (Phi) is 10.0. The largest absolute Gasteiger partial charge is 0.310 e. The van der Waals surface area contributed by atoms with E-state index in [1.54, 1.807) is 0 Å². The van der Waals surface area contributed by atoms with E-state index in [1.165, 1.54) is 76.4 Å². The van der Waals surface area contributed by atoms with Gasteiger partial charge in [0, 0.05) is 34.1 Å². The van der Waals surface area contributed by atoms with Crippen molar-refractivity contribution < 1.29 is 0 Å². The highest BCUT2D eigenvalue weighted by Gasteiger charge is 2.55. The summed E-state index contributed by atoms with van der Waals surface area (Å²) in [5.74, 6) is 0. The Morgan fingerprint density at radius 3 is 1.27 bits per heavy atom. The number of hydrogen-bond acceptors (Lipinski definition) is 2. The number of fused-ring (bicyclic) bond motifs is 14. The average molecular weight is 921 g/mol. The predicted molar refractivity (Wildman–Crippen MR) is 302 cm³/mol. The number of hydrogen-bond donors (Lipinski definition) is 0. The molecule has 0 N–H and O–H groups in total. The first kappa shape index (κ1) is 43.8. The maximum Gasteiger partial charge on any atom is 0.113 e. The van der Waals surface area contributed by atoms with Gasteiger partial charge in [-0.15, -0.1) is 0 Å². The van der Waals surface area contributed by atoms with Crippen LogP contribution in [-0.2, 0) is 16.2 Å². The molecule has 1 aliphatic heterocycles. The Balaban J connectivity index is 1.18. The van der Waals surface area contributed by atoms with Gasteiger partial charge in [-0.2, -0.15) is 0 Å². The molecule has 2 nitrogen and oxygen atoms in total. The molecule has 12 rings (SSSR count). The average Bonchev–Trinajstić information content (AvgIpc) is 3.68. The van der Waals surface area contributed by atoms with Crippen molar-refractivity contribution in [2.45, 2.75) is 70.9 Å². The second kappa shape index (κ2) is 16.0. The van der Waals surface area contributed by atoms with Gasteiger partial charge in [0.15, 0.2) is 0 Å². The van der Waals surface area contributed by atoms with Crippen LogP contribution in [-0.4, -0.2) is 8.07 Å². The number of benzene rings is 10. The van der Waals surface area contributed by atoms with E-state index in [0.29, 0.717) is 0 Å². The zero-order valence-corrected chi connectivity index (χ0v) is 42.7. The summed E-state index contributed by atoms with van der Waals surface area (Å²) in [7, 11) is -2.18. The monoisotopic (exact) mass is 920 g/mol. The van der Waals surface area contributed by atoms with Gasteiger partial charge in [0.1, 0.15) is 8.07 Å². The van der Waals surface area contributed by atoms with E-state index in [2.05, 4.69) is 283 Å². The molecular formula is C67H60N2Si. The Labute approximate surface area is 415 Å². The first-order valence-electron chi connectivity index (χ1n) is 25.0. The Morgan fingerprint density at radius 1 is 0.343 bits per heavy atom. The summed E-state index contributed by atoms with van der Waals surface area (Å²) in [5.41, 5.74) is 17.1. The fourth-order valence-electron chi connectivity index (χ4n) is 12.2. The fourth-order valence-corrected chi connectivity index (χ4v) is 15.4. The van der Waals surface area contributed by atoms with Gasteiger partial charge < -0.3 is 9.80 Å². The molecule has 0 aromatic heterocycles. The molecule has 10 aromatic carbocycles. The summed E-state index contributed by atoms with van der Waals surface area (Å²) in [5, 5.41) is 8.09. The quantitative estimate of drug-likeness (QED) is 0.121. The summed E-state index contributed by atoms with van der Waals surface area (Å²) in [6, 6.07) is 83.0. The van der Waals surface area contributed by atoms with Crippen molar-refractivity contribution in [3.05, 3.63) is 252 Å². The van der Waals surface area contributed by atoms with Gasteiger partial charge in [0.05, 0.1) is 5.41 Å². The van der Waals surface area contributed by atoms with Gasteiger partial charge in [-0.25, -0.2) is 0 Å². The van der Waals surface area contributed by atoms with Crippen LogP contribution in [0.1, 0.15) is 74.9 Å². The van der Waals surface area contributed by atoms with E-state index in [-0.39, 0.29) is 10.8 Å². The van der Waals surface area contributed by atoms with Crippen molar-refractivity contribution in [1.82, 2.24) is 0 Å². The zero-order valence-electron chi connectivity index (χ0n) is 41.7. The molecule has 3 heteroatoms. The van der Waals surface area contributed by atoms with Crippen molar-refractivity contribution >= 4 is 74.1 Å². The van der Waals surface area contributed by atoms with E-state index in [9.17, 15) is 0 Å². The van der Waals surface area contributed by atoms with Gasteiger partial charge >= 0.3 is 0 Å². The van der Waals surface area contributed by atoms with Crippen molar-refractivity contribution in [3.63, 3.8) is 0 Å². The van der Waals surface area contributed by atoms with E-state index in [0.717, 1.165) is 34.1 Å². The molecule has 0 radical (unpaired) electrons. The van der Waals surface area contributed by atoms with Crippen molar-refractivity contribution in [2.75, 3.05) is 9.80 Å². The smallest absolute Gasteiger partial charge is 0.113 e. The maximum atomic E-state index is 2.56. The van der Waals surface area contributed by atoms with E-state index in [4.69, 9.17) is 0 Å². The minimum atomic E-state index is -2.18. The highest BCUT2D eigenvalue weighted by molar-refractivity contribution is 7.01. The number of nitrogens with zero attached hydrogens (tertiary/aromatic N) is 2. The summed E-state index contributed by atoms with van der Waals surface area (Å²) in [6.45, 7) is 18.8. The van der Waals surface area contributed by atoms with Crippen molar-refractivity contribution in [2.24, 2.45) is 0 Å². The van der Waals surface area contributed by atoms with Crippen LogP contribution in [0.4, 0.5) is 34.1 Å². The van der Waals surface area contributed by atoms with Crippen LogP contribution in [0.3, 0.4) is 0 Å². The lowest BCUT2D eigenvalue weighted by Gasteiger charge is -2.46. The second-order valence-corrected chi connectivity index (χ2v) is 26.5. The van der Waals surface area contributed by atoms with Crippen LogP contribution in [0.5, 0.6) is 0 Å². The number of anilines is 6. The van der Waals surface area contributed by atoms with Gasteiger partial charge in [0.25, 0.3) is 0 Å². The van der Waals surface area contributed by atoms with Gasteiger partial charge in [-0.3, -0.25) is 0 Å². The molecular weight excluding hydrogens is 861 g/mol. The molecule has 10 aromatic rings. The molecule has 70 heavy (non-hydrogen) atoms. The third-order valence-corrected chi connectivity index (χ3v) is 19.2. The first-order chi connectivity index (χ1) is 33.8. The number of rotatable bonds is 6. The lowest BCUT2D eigenvalue weighted by atomic mass is 9.66. The normalized spacial score (nSPS) is 14.2. The highest BCUT2D eigenvalue weighted by atomic mass is 28.3. The van der Waals surface area contributed by atoms with Crippen LogP contribution in [0.2, 0.25) is 13.1 Å². The van der Waals surface area contributed by atoms with E-state index in [1.807, 2.05) is 0 Å². The number of para-hydroxylation sites is 2. The Bertz CT molecular complexity index is 3580. The van der Waals surface area contributed by atoms with Crippen molar-refractivity contribution in [3.8, 4) is 11.1 Å². The lowest BCUT2D eigenvalue weighted by Crippen LogP contribution is -2.63. The zero-order chi connectivity index (χ0) is 48.2. The molecule has 2 aliphatic rings. The second-order valence-electron chi connectivity index (χ2n) is 22.2. The molecule has 0 saturated carbocycles. The van der Waals surface area contributed by atoms with Gasteiger partial charge in [0.2, 0.25) is 0 Å². The van der Waals surface area contributed by atoms with E-state index < -0.39 is 13.5 Å². The molecule has 1 aliphatic carbocycles. The summed E-state index contributed by atoms with van der Waals surface area (Å²) >= 11 is 0. The Morgan fingerprint density at radius 2 is 0.757 bits per heavy atom. The standard InChI is InChI=1S/C67H60N2Si/c1-65(2,3)45-31-35-49(36-32-45)68(47-21-11-9-12-22-47)51-39-41-55-57(43-51)53-25-15-16-26-54(53)63-56-42-40-52(69(48-23-13-10-14-24-48)50-37-33-46(34-38-50)66(4,5)6)44-60(56)67(64(55)63)58-27-17-19-29-61(58)70(7,8)62-30-20-18-28-59(62)67/h9-44H,1-8H3. The van der Waals surface area contributed by atoms with Gasteiger partial charge in [-0.1, -0.05) is 200 Å². The molecule has 1 heterocycles. The molecule has 0 unspecified atom stereocenters. The van der Waals surface area contributed by atoms with Crippen LogP contribution >= 0.6 is 0 Å². The summed E-state index contributed by atoms with van der Waals surface area (Å²) in [4.78, 5) is 4.88. The Hall–Kier alpha value is -7.46. The van der Waals surface area contributed by atoms with Crippen LogP contribution in [0.15, 0.2) is 218 Å². The molecule has 0 fully saturated rings. The van der Waals surface area contributed by atoms with Gasteiger partial charge in [-0.05, 0) is 160 Å². The molecule has 0 atom stereocenters. The topological polar surface area (TPSA) is 6.48 Å². The molecule has 0 saturated heterocycles. The van der Waals surface area contributed by atoms with Crippen LogP contribution in [0, 0.1) is 0 Å². The maximum absolute atomic E-state index is 2.56.